The molecular formula is C12H8F2N2O3. The molecule has 0 saturated heterocycles. The van der Waals surface area contributed by atoms with E-state index in [9.17, 15) is 18.4 Å². The number of amides is 2. The Morgan fingerprint density at radius 1 is 1.21 bits per heavy atom. The Balaban J connectivity index is 2.07. The molecule has 19 heavy (non-hydrogen) atoms. The molecule has 1 atom stereocenters. The van der Waals surface area contributed by atoms with Crippen LogP contribution in [0.4, 0.5) is 13.6 Å². The molecule has 0 aromatic heterocycles. The SMILES string of the molecule is O=C1NC2=C(C(=O)OC2)[C@@H](c2ccc(F)c(F)c2)N1. The largest absolute Gasteiger partial charge is 0.456 e. The van der Waals surface area contributed by atoms with Crippen molar-refractivity contribution in [1.82, 2.24) is 10.6 Å². The minimum absolute atomic E-state index is 0.0260. The first kappa shape index (κ1) is 11.6. The number of nitrogens with one attached hydrogen (secondary N) is 2. The van der Waals surface area contributed by atoms with E-state index >= 15 is 0 Å². The molecule has 98 valence electrons. The van der Waals surface area contributed by atoms with Crippen LogP contribution in [-0.4, -0.2) is 18.6 Å². The summed E-state index contributed by atoms with van der Waals surface area (Å²) < 4.78 is 31.0. The van der Waals surface area contributed by atoms with Crippen molar-refractivity contribution in [2.75, 3.05) is 6.61 Å². The van der Waals surface area contributed by atoms with Crippen molar-refractivity contribution < 1.29 is 23.1 Å². The number of hydrogen-bond acceptors (Lipinski definition) is 3. The maximum Gasteiger partial charge on any atom is 0.338 e. The third-order valence-corrected chi connectivity index (χ3v) is 3.00. The maximum absolute atomic E-state index is 13.2. The summed E-state index contributed by atoms with van der Waals surface area (Å²) in [6.45, 7) is -0.0260. The van der Waals surface area contributed by atoms with Gasteiger partial charge in [-0.05, 0) is 17.7 Å². The number of halogens is 2. The Hall–Kier alpha value is -2.44. The summed E-state index contributed by atoms with van der Waals surface area (Å²) in [5.74, 6) is -2.62. The second-order valence-corrected chi connectivity index (χ2v) is 4.17. The Kier molecular flexibility index (Phi) is 2.48. The van der Waals surface area contributed by atoms with Crippen LogP contribution in [0.2, 0.25) is 0 Å². The number of ether oxygens (including phenoxy) is 1. The molecule has 0 saturated carbocycles. The highest BCUT2D eigenvalue weighted by Crippen LogP contribution is 2.31. The van der Waals surface area contributed by atoms with E-state index in [2.05, 4.69) is 10.6 Å². The van der Waals surface area contributed by atoms with Crippen LogP contribution in [0.3, 0.4) is 0 Å². The second kappa shape index (κ2) is 4.04. The van der Waals surface area contributed by atoms with Crippen LogP contribution in [0.15, 0.2) is 29.5 Å². The summed E-state index contributed by atoms with van der Waals surface area (Å²) >= 11 is 0. The van der Waals surface area contributed by atoms with Gasteiger partial charge in [-0.3, -0.25) is 0 Å². The lowest BCUT2D eigenvalue weighted by molar-refractivity contribution is -0.136. The molecular weight excluding hydrogens is 258 g/mol. The van der Waals surface area contributed by atoms with Gasteiger partial charge in [-0.15, -0.1) is 0 Å². The van der Waals surface area contributed by atoms with E-state index in [0.29, 0.717) is 5.70 Å². The number of esters is 1. The van der Waals surface area contributed by atoms with Crippen molar-refractivity contribution in [2.45, 2.75) is 6.04 Å². The third kappa shape index (κ3) is 1.83. The molecule has 0 spiro atoms. The topological polar surface area (TPSA) is 67.4 Å². The van der Waals surface area contributed by atoms with Gasteiger partial charge in [-0.25, -0.2) is 18.4 Å². The Morgan fingerprint density at radius 2 is 2.00 bits per heavy atom. The van der Waals surface area contributed by atoms with Crippen molar-refractivity contribution in [3.63, 3.8) is 0 Å². The van der Waals surface area contributed by atoms with E-state index in [1.54, 1.807) is 0 Å². The zero-order valence-corrected chi connectivity index (χ0v) is 9.50. The van der Waals surface area contributed by atoms with Crippen LogP contribution < -0.4 is 10.6 Å². The minimum atomic E-state index is -1.04. The van der Waals surface area contributed by atoms with Crippen LogP contribution >= 0.6 is 0 Å². The van der Waals surface area contributed by atoms with Gasteiger partial charge in [0, 0.05) is 0 Å². The normalized spacial score (nSPS) is 21.7. The number of benzene rings is 1. The van der Waals surface area contributed by atoms with Crippen molar-refractivity contribution in [1.29, 1.82) is 0 Å². The Morgan fingerprint density at radius 3 is 2.74 bits per heavy atom. The first-order valence-corrected chi connectivity index (χ1v) is 5.49. The maximum atomic E-state index is 13.2. The second-order valence-electron chi connectivity index (χ2n) is 4.17. The van der Waals surface area contributed by atoms with Crippen LogP contribution in [0.5, 0.6) is 0 Å². The van der Waals surface area contributed by atoms with Crippen LogP contribution in [-0.2, 0) is 9.53 Å². The van der Waals surface area contributed by atoms with E-state index < -0.39 is 29.7 Å². The molecule has 2 aliphatic heterocycles. The monoisotopic (exact) mass is 266 g/mol. The van der Waals surface area contributed by atoms with Gasteiger partial charge in [0.2, 0.25) is 0 Å². The fourth-order valence-electron chi connectivity index (χ4n) is 2.13. The summed E-state index contributed by atoms with van der Waals surface area (Å²) in [6, 6.07) is 1.84. The average Bonchev–Trinajstić information content (AvgIpc) is 2.73. The third-order valence-electron chi connectivity index (χ3n) is 3.00. The lowest BCUT2D eigenvalue weighted by atomic mass is 9.96. The summed E-state index contributed by atoms with van der Waals surface area (Å²) in [5.41, 5.74) is 0.842. The number of hydrogen-bond donors (Lipinski definition) is 2. The molecule has 0 radical (unpaired) electrons. The van der Waals surface area contributed by atoms with Crippen molar-refractivity contribution in [3.05, 3.63) is 46.7 Å². The minimum Gasteiger partial charge on any atom is -0.456 e. The number of rotatable bonds is 1. The Labute approximate surface area is 106 Å². The molecule has 0 fully saturated rings. The average molecular weight is 266 g/mol. The zero-order chi connectivity index (χ0) is 13.6. The van der Waals surface area contributed by atoms with E-state index in [1.807, 2.05) is 0 Å². The molecule has 0 aliphatic carbocycles. The molecule has 2 aliphatic rings. The fourth-order valence-corrected chi connectivity index (χ4v) is 2.13. The van der Waals surface area contributed by atoms with Crippen LogP contribution in [0.1, 0.15) is 11.6 Å². The molecule has 3 rings (SSSR count). The molecule has 1 aromatic carbocycles. The summed E-state index contributed by atoms with van der Waals surface area (Å²) in [4.78, 5) is 23.1. The summed E-state index contributed by atoms with van der Waals surface area (Å²) in [7, 11) is 0. The van der Waals surface area contributed by atoms with Gasteiger partial charge >= 0.3 is 12.0 Å². The smallest absolute Gasteiger partial charge is 0.338 e. The molecule has 2 heterocycles. The fraction of sp³-hybridized carbons (Fsp3) is 0.167. The molecule has 7 heteroatoms. The number of carbonyl (C=O) groups excluding carboxylic acids is 2. The predicted octanol–water partition coefficient (Wildman–Crippen LogP) is 1.13. The van der Waals surface area contributed by atoms with Gasteiger partial charge < -0.3 is 15.4 Å². The van der Waals surface area contributed by atoms with Crippen molar-refractivity contribution >= 4 is 12.0 Å². The highest BCUT2D eigenvalue weighted by Gasteiger charge is 2.38. The van der Waals surface area contributed by atoms with E-state index in [-0.39, 0.29) is 17.7 Å². The van der Waals surface area contributed by atoms with Gasteiger partial charge in [0.25, 0.3) is 0 Å². The van der Waals surface area contributed by atoms with E-state index in [1.165, 1.54) is 6.07 Å². The molecule has 1 aromatic rings. The van der Waals surface area contributed by atoms with Gasteiger partial charge in [0.05, 0.1) is 17.3 Å². The molecule has 2 amide bonds. The highest BCUT2D eigenvalue weighted by molar-refractivity contribution is 5.97. The van der Waals surface area contributed by atoms with E-state index in [0.717, 1.165) is 12.1 Å². The molecule has 0 unspecified atom stereocenters. The highest BCUT2D eigenvalue weighted by atomic mass is 19.2. The standard InChI is InChI=1S/C12H8F2N2O3/c13-6-2-1-5(3-7(6)14)10-9-8(4-19-11(9)17)15-12(18)16-10/h1-3,10H,4H2,(H2,15,16,18)/t10-/m1/s1. The number of cyclic esters (lactones) is 1. The first-order chi connectivity index (χ1) is 9.06. The predicted molar refractivity (Wildman–Crippen MR) is 58.8 cm³/mol. The number of carbonyl (C=O) groups is 2. The Bertz CT molecular complexity index is 627. The summed E-state index contributed by atoms with van der Waals surface area (Å²) in [5, 5.41) is 4.93. The van der Waals surface area contributed by atoms with Gasteiger partial charge in [-0.2, -0.15) is 0 Å². The molecule has 2 N–H and O–H groups in total. The van der Waals surface area contributed by atoms with Gasteiger partial charge in [0.1, 0.15) is 6.61 Å². The van der Waals surface area contributed by atoms with E-state index in [4.69, 9.17) is 4.74 Å². The quantitative estimate of drug-likeness (QED) is 0.749. The lowest BCUT2D eigenvalue weighted by Crippen LogP contribution is -2.44. The lowest BCUT2D eigenvalue weighted by Gasteiger charge is -2.24. The zero-order valence-electron chi connectivity index (χ0n) is 9.50. The van der Waals surface area contributed by atoms with Crippen molar-refractivity contribution in [2.24, 2.45) is 0 Å². The summed E-state index contributed by atoms with van der Waals surface area (Å²) in [6.07, 6.45) is 0. The van der Waals surface area contributed by atoms with Gasteiger partial charge in [-0.1, -0.05) is 6.07 Å². The van der Waals surface area contributed by atoms with Gasteiger partial charge in [0.15, 0.2) is 11.6 Å². The van der Waals surface area contributed by atoms with Crippen LogP contribution in [0, 0.1) is 11.6 Å². The first-order valence-electron chi connectivity index (χ1n) is 5.49. The molecule has 0 bridgehead atoms. The number of urea groups is 1. The van der Waals surface area contributed by atoms with Crippen molar-refractivity contribution in [3.8, 4) is 0 Å². The van der Waals surface area contributed by atoms with Crippen LogP contribution in [0.25, 0.3) is 0 Å². The molecule has 5 nitrogen and oxygen atoms in total.